The molecule has 1 aromatic rings. The molecule has 0 aromatic carbocycles. The Bertz CT molecular complexity index is 378. The van der Waals surface area contributed by atoms with Crippen molar-refractivity contribution < 1.29 is 18.8 Å². The zero-order valence-electron chi connectivity index (χ0n) is 7.85. The lowest BCUT2D eigenvalue weighted by Crippen LogP contribution is -2.06. The molecule has 0 aliphatic rings. The summed E-state index contributed by atoms with van der Waals surface area (Å²) in [6.07, 6.45) is -3.00. The lowest BCUT2D eigenvalue weighted by molar-refractivity contribution is -0.386. The predicted octanol–water partition coefficient (Wildman–Crippen LogP) is 1.03. The molecule has 1 heterocycles. The van der Waals surface area contributed by atoms with E-state index in [1.54, 1.807) is 0 Å². The normalized spacial score (nSPS) is 11.0. The molecule has 84 valence electrons. The monoisotopic (exact) mass is 221 g/mol. The number of alkyl halides is 2. The van der Waals surface area contributed by atoms with Crippen molar-refractivity contribution in [1.29, 1.82) is 0 Å². The summed E-state index contributed by atoms with van der Waals surface area (Å²) < 4.78 is 25.8. The highest BCUT2D eigenvalue weighted by molar-refractivity contribution is 5.41. The van der Waals surface area contributed by atoms with Gasteiger partial charge in [0.1, 0.15) is 5.69 Å². The van der Waals surface area contributed by atoms with Crippen LogP contribution in [0.25, 0.3) is 0 Å². The number of nitrogens with zero attached hydrogens (tertiary/aromatic N) is 3. The van der Waals surface area contributed by atoms with E-state index in [0.717, 1.165) is 4.68 Å². The molecule has 1 aromatic heterocycles. The number of hydrogen-bond acceptors (Lipinski definition) is 4. The van der Waals surface area contributed by atoms with Crippen LogP contribution in [0.3, 0.4) is 0 Å². The molecule has 15 heavy (non-hydrogen) atoms. The van der Waals surface area contributed by atoms with E-state index in [9.17, 15) is 18.9 Å². The van der Waals surface area contributed by atoms with Gasteiger partial charge in [-0.15, -0.1) is 0 Å². The topological polar surface area (TPSA) is 81.2 Å². The number of aliphatic hydroxyl groups excluding tert-OH is 1. The van der Waals surface area contributed by atoms with Crippen LogP contribution in [0.5, 0.6) is 0 Å². The van der Waals surface area contributed by atoms with Crippen molar-refractivity contribution in [2.24, 2.45) is 0 Å². The van der Waals surface area contributed by atoms with Crippen LogP contribution in [0.15, 0.2) is 0 Å². The van der Waals surface area contributed by atoms with Crippen LogP contribution in [0.4, 0.5) is 14.5 Å². The van der Waals surface area contributed by atoms with E-state index in [0.29, 0.717) is 0 Å². The lowest BCUT2D eigenvalue weighted by atomic mass is 10.3. The molecule has 0 spiro atoms. The van der Waals surface area contributed by atoms with Gasteiger partial charge in [0.05, 0.1) is 18.1 Å². The third kappa shape index (κ3) is 2.09. The lowest BCUT2D eigenvalue weighted by Gasteiger charge is -1.98. The van der Waals surface area contributed by atoms with E-state index < -0.39 is 22.7 Å². The average Bonchev–Trinajstić information content (AvgIpc) is 2.44. The Balaban J connectivity index is 3.26. The van der Waals surface area contributed by atoms with Gasteiger partial charge in [-0.25, -0.2) is 8.78 Å². The molecule has 0 unspecified atom stereocenters. The first-order chi connectivity index (χ1) is 6.99. The highest BCUT2D eigenvalue weighted by atomic mass is 19.3. The van der Waals surface area contributed by atoms with Crippen molar-refractivity contribution in [1.82, 2.24) is 9.78 Å². The van der Waals surface area contributed by atoms with Crippen molar-refractivity contribution >= 4 is 5.69 Å². The van der Waals surface area contributed by atoms with Crippen molar-refractivity contribution in [2.75, 3.05) is 6.61 Å². The predicted molar refractivity (Wildman–Crippen MR) is 45.7 cm³/mol. The van der Waals surface area contributed by atoms with Crippen molar-refractivity contribution in [2.45, 2.75) is 19.9 Å². The summed E-state index contributed by atoms with van der Waals surface area (Å²) in [5.74, 6) is 0. The third-order valence-electron chi connectivity index (χ3n) is 1.90. The van der Waals surface area contributed by atoms with Crippen LogP contribution >= 0.6 is 0 Å². The maximum Gasteiger partial charge on any atom is 0.318 e. The number of aromatic nitrogens is 2. The van der Waals surface area contributed by atoms with Crippen molar-refractivity contribution in [3.8, 4) is 0 Å². The summed E-state index contributed by atoms with van der Waals surface area (Å²) in [7, 11) is 0. The van der Waals surface area contributed by atoms with E-state index in [1.807, 2.05) is 0 Å². The Morgan fingerprint density at radius 3 is 2.60 bits per heavy atom. The van der Waals surface area contributed by atoms with Crippen LogP contribution < -0.4 is 0 Å². The number of nitro groups is 1. The van der Waals surface area contributed by atoms with Gasteiger partial charge in [-0.3, -0.25) is 14.8 Å². The molecule has 0 saturated heterocycles. The fourth-order valence-corrected chi connectivity index (χ4v) is 1.25. The Hall–Kier alpha value is -1.57. The first-order valence-corrected chi connectivity index (χ1v) is 4.09. The molecule has 0 aliphatic carbocycles. The van der Waals surface area contributed by atoms with Crippen LogP contribution in [0, 0.1) is 17.0 Å². The molecule has 0 aliphatic heterocycles. The van der Waals surface area contributed by atoms with Crippen LogP contribution in [0.2, 0.25) is 0 Å². The zero-order valence-corrected chi connectivity index (χ0v) is 7.85. The minimum Gasteiger partial charge on any atom is -0.394 e. The largest absolute Gasteiger partial charge is 0.394 e. The molecule has 8 heteroatoms. The number of halogens is 2. The van der Waals surface area contributed by atoms with Gasteiger partial charge >= 0.3 is 5.69 Å². The Morgan fingerprint density at radius 2 is 2.27 bits per heavy atom. The first-order valence-electron chi connectivity index (χ1n) is 4.09. The average molecular weight is 221 g/mol. The molecule has 0 radical (unpaired) electrons. The second kappa shape index (κ2) is 4.30. The molecule has 0 amide bonds. The quantitative estimate of drug-likeness (QED) is 0.608. The van der Waals surface area contributed by atoms with Gasteiger partial charge in [0.25, 0.3) is 6.43 Å². The summed E-state index contributed by atoms with van der Waals surface area (Å²) in [5.41, 5.74) is -1.52. The molecule has 0 saturated carbocycles. The summed E-state index contributed by atoms with van der Waals surface area (Å²) in [6.45, 7) is 0.953. The Kier molecular flexibility index (Phi) is 3.30. The molecule has 6 nitrogen and oxygen atoms in total. The number of rotatable bonds is 4. The fraction of sp³-hybridized carbons (Fsp3) is 0.571. The summed E-state index contributed by atoms with van der Waals surface area (Å²) >= 11 is 0. The smallest absolute Gasteiger partial charge is 0.318 e. The maximum atomic E-state index is 12.4. The van der Waals surface area contributed by atoms with Gasteiger partial charge in [0.2, 0.25) is 5.69 Å². The highest BCUT2D eigenvalue weighted by Gasteiger charge is 2.30. The van der Waals surface area contributed by atoms with Gasteiger partial charge in [0, 0.05) is 0 Å². The number of aliphatic hydroxyl groups is 1. The highest BCUT2D eigenvalue weighted by Crippen LogP contribution is 2.30. The van der Waals surface area contributed by atoms with E-state index in [4.69, 9.17) is 5.11 Å². The molecule has 1 N–H and O–H groups in total. The molecule has 1 rings (SSSR count). The van der Waals surface area contributed by atoms with Gasteiger partial charge in [-0.1, -0.05) is 0 Å². The maximum absolute atomic E-state index is 12.4. The van der Waals surface area contributed by atoms with Crippen molar-refractivity contribution in [3.63, 3.8) is 0 Å². The number of hydrogen-bond donors (Lipinski definition) is 1. The summed E-state index contributed by atoms with van der Waals surface area (Å²) in [5, 5.41) is 22.5. The standard InChI is InChI=1S/C7H9F2N3O3/c1-4-6(12(14)15)5(7(8)9)10-11(4)2-3-13/h7,13H,2-3H2,1H3. The van der Waals surface area contributed by atoms with Crippen LogP contribution in [-0.4, -0.2) is 26.4 Å². The molecule has 0 bridgehead atoms. The van der Waals surface area contributed by atoms with Gasteiger partial charge < -0.3 is 5.11 Å². The summed E-state index contributed by atoms with van der Waals surface area (Å²) in [4.78, 5) is 9.63. The Labute approximate surface area is 83.3 Å². The molecular weight excluding hydrogens is 212 g/mol. The minimum atomic E-state index is -3.00. The van der Waals surface area contributed by atoms with Crippen molar-refractivity contribution in [3.05, 3.63) is 21.5 Å². The summed E-state index contributed by atoms with van der Waals surface area (Å²) in [6, 6.07) is 0. The first kappa shape index (κ1) is 11.5. The van der Waals surface area contributed by atoms with Crippen LogP contribution in [0.1, 0.15) is 17.8 Å². The second-order valence-corrected chi connectivity index (χ2v) is 2.82. The van der Waals surface area contributed by atoms with Gasteiger partial charge in [-0.05, 0) is 6.92 Å². The van der Waals surface area contributed by atoms with E-state index >= 15 is 0 Å². The third-order valence-corrected chi connectivity index (χ3v) is 1.90. The van der Waals surface area contributed by atoms with Gasteiger partial charge in [-0.2, -0.15) is 5.10 Å². The Morgan fingerprint density at radius 1 is 1.67 bits per heavy atom. The zero-order chi connectivity index (χ0) is 11.6. The van der Waals surface area contributed by atoms with Crippen LogP contribution in [-0.2, 0) is 6.54 Å². The van der Waals surface area contributed by atoms with E-state index in [1.165, 1.54) is 6.92 Å². The fourth-order valence-electron chi connectivity index (χ4n) is 1.25. The van der Waals surface area contributed by atoms with Gasteiger partial charge in [0.15, 0.2) is 0 Å². The van der Waals surface area contributed by atoms with E-state index in [-0.39, 0.29) is 18.8 Å². The van der Waals surface area contributed by atoms with E-state index in [2.05, 4.69) is 5.10 Å². The SMILES string of the molecule is Cc1c([N+](=O)[O-])c(C(F)F)nn1CCO. The minimum absolute atomic E-state index is 0.0179. The second-order valence-electron chi connectivity index (χ2n) is 2.82. The molecular formula is C7H9F2N3O3. The molecule has 0 atom stereocenters. The molecule has 0 fully saturated rings.